The number of nitrogens with zero attached hydrogens (tertiary/aromatic N) is 4. The molecule has 0 fully saturated rings. The van der Waals surface area contributed by atoms with Crippen molar-refractivity contribution >= 4 is 21.8 Å². The third kappa shape index (κ3) is 6.82. The van der Waals surface area contributed by atoms with Crippen molar-refractivity contribution in [2.45, 2.75) is 52.4 Å². The Kier molecular flexibility index (Phi) is 8.93. The molecule has 0 saturated heterocycles. The minimum atomic E-state index is -0.00421. The van der Waals surface area contributed by atoms with Crippen molar-refractivity contribution in [3.8, 4) is 62.1 Å². The van der Waals surface area contributed by atoms with Gasteiger partial charge in [-0.05, 0) is 80.6 Å². The minimum Gasteiger partial charge on any atom is -0.309 e. The van der Waals surface area contributed by atoms with Gasteiger partial charge in [-0.2, -0.15) is 0 Å². The third-order valence-electron chi connectivity index (χ3n) is 11.0. The molecule has 7 aromatic carbocycles. The Labute approximate surface area is 335 Å². The first kappa shape index (κ1) is 36.0. The van der Waals surface area contributed by atoms with E-state index < -0.39 is 0 Å². The zero-order valence-corrected chi connectivity index (χ0v) is 33.5. The standard InChI is InChI=1S/C53H46N4/c1-52(2,3)39-27-30-46-43(33-39)44-34-40(53(4,5)6)28-31-47(44)57(46)48-29-26-38(42-25-17-16-24-41(42)35-18-10-7-11-19-35)32-45(48)51-55-49(36-20-12-8-13-21-36)54-50(56-51)37-22-14-9-15-23-37/h7-34H,1-6H3. The molecular weight excluding hydrogens is 693 g/mol. The Bertz CT molecular complexity index is 2770. The molecule has 9 rings (SSSR count). The van der Waals surface area contributed by atoms with Crippen LogP contribution in [0.15, 0.2) is 170 Å². The predicted molar refractivity (Wildman–Crippen MR) is 239 cm³/mol. The van der Waals surface area contributed by atoms with Gasteiger partial charge in [-0.3, -0.25) is 0 Å². The van der Waals surface area contributed by atoms with Crippen LogP contribution in [-0.2, 0) is 10.8 Å². The average Bonchev–Trinajstić information content (AvgIpc) is 3.56. The zero-order chi connectivity index (χ0) is 39.3. The molecule has 2 aromatic heterocycles. The fourth-order valence-electron chi connectivity index (χ4n) is 7.83. The summed E-state index contributed by atoms with van der Waals surface area (Å²) in [6.07, 6.45) is 0. The lowest BCUT2D eigenvalue weighted by molar-refractivity contribution is 0.590. The van der Waals surface area contributed by atoms with Crippen molar-refractivity contribution in [2.24, 2.45) is 0 Å². The van der Waals surface area contributed by atoms with Crippen molar-refractivity contribution < 1.29 is 0 Å². The van der Waals surface area contributed by atoms with Crippen LogP contribution < -0.4 is 0 Å². The number of fused-ring (bicyclic) bond motifs is 3. The van der Waals surface area contributed by atoms with Crippen LogP contribution in [0.2, 0.25) is 0 Å². The molecule has 0 aliphatic carbocycles. The Morgan fingerprint density at radius 1 is 0.351 bits per heavy atom. The van der Waals surface area contributed by atoms with Crippen LogP contribution in [0.3, 0.4) is 0 Å². The Morgan fingerprint density at radius 2 is 0.772 bits per heavy atom. The Balaban J connectivity index is 1.38. The topological polar surface area (TPSA) is 43.6 Å². The molecule has 0 bridgehead atoms. The number of aromatic nitrogens is 4. The largest absolute Gasteiger partial charge is 0.309 e. The van der Waals surface area contributed by atoms with E-state index in [1.54, 1.807) is 0 Å². The number of rotatable bonds is 6. The zero-order valence-electron chi connectivity index (χ0n) is 33.5. The molecule has 0 amide bonds. The number of hydrogen-bond acceptors (Lipinski definition) is 3. The van der Waals surface area contributed by atoms with Gasteiger partial charge in [0.15, 0.2) is 17.5 Å². The lowest BCUT2D eigenvalue weighted by Crippen LogP contribution is -2.10. The summed E-state index contributed by atoms with van der Waals surface area (Å²) in [4.78, 5) is 15.7. The fraction of sp³-hybridized carbons (Fsp3) is 0.151. The second-order valence-corrected chi connectivity index (χ2v) is 17.0. The molecular formula is C53H46N4. The molecule has 0 aliphatic rings. The van der Waals surface area contributed by atoms with E-state index in [2.05, 4.69) is 180 Å². The van der Waals surface area contributed by atoms with E-state index in [1.165, 1.54) is 33.0 Å². The highest BCUT2D eigenvalue weighted by atomic mass is 15.1. The van der Waals surface area contributed by atoms with Crippen molar-refractivity contribution in [1.29, 1.82) is 0 Å². The highest BCUT2D eigenvalue weighted by Crippen LogP contribution is 2.42. The molecule has 0 aliphatic heterocycles. The van der Waals surface area contributed by atoms with Crippen molar-refractivity contribution in [2.75, 3.05) is 0 Å². The Hall–Kier alpha value is -6.65. The summed E-state index contributed by atoms with van der Waals surface area (Å²) < 4.78 is 2.42. The molecule has 0 N–H and O–H groups in total. The van der Waals surface area contributed by atoms with E-state index in [0.717, 1.165) is 44.5 Å². The van der Waals surface area contributed by atoms with E-state index in [9.17, 15) is 0 Å². The van der Waals surface area contributed by atoms with Crippen molar-refractivity contribution in [1.82, 2.24) is 19.5 Å². The smallest absolute Gasteiger partial charge is 0.166 e. The molecule has 57 heavy (non-hydrogen) atoms. The van der Waals surface area contributed by atoms with E-state index in [0.29, 0.717) is 17.5 Å². The van der Waals surface area contributed by atoms with Crippen LogP contribution >= 0.6 is 0 Å². The van der Waals surface area contributed by atoms with Gasteiger partial charge in [0.05, 0.1) is 16.7 Å². The molecule has 9 aromatic rings. The van der Waals surface area contributed by atoms with Crippen molar-refractivity contribution in [3.05, 3.63) is 181 Å². The summed E-state index contributed by atoms with van der Waals surface area (Å²) >= 11 is 0. The maximum atomic E-state index is 5.30. The maximum absolute atomic E-state index is 5.30. The molecule has 0 spiro atoms. The normalized spacial score (nSPS) is 12.0. The minimum absolute atomic E-state index is 0.00421. The van der Waals surface area contributed by atoms with Gasteiger partial charge < -0.3 is 4.57 Å². The summed E-state index contributed by atoms with van der Waals surface area (Å²) in [5.74, 6) is 1.88. The molecule has 0 unspecified atom stereocenters. The second-order valence-electron chi connectivity index (χ2n) is 17.0. The van der Waals surface area contributed by atoms with Crippen LogP contribution in [0.5, 0.6) is 0 Å². The molecule has 4 nitrogen and oxygen atoms in total. The van der Waals surface area contributed by atoms with Gasteiger partial charge in [0, 0.05) is 27.5 Å². The SMILES string of the molecule is CC(C)(C)c1ccc2c(c1)c1cc(C(C)(C)C)ccc1n2-c1ccc(-c2ccccc2-c2ccccc2)cc1-c1nc(-c2ccccc2)nc(-c2ccccc2)n1. The summed E-state index contributed by atoms with van der Waals surface area (Å²) in [6, 6.07) is 60.4. The van der Waals surface area contributed by atoms with Gasteiger partial charge in [0.1, 0.15) is 0 Å². The van der Waals surface area contributed by atoms with E-state index in [-0.39, 0.29) is 10.8 Å². The van der Waals surface area contributed by atoms with Gasteiger partial charge in [-0.25, -0.2) is 15.0 Å². The van der Waals surface area contributed by atoms with Gasteiger partial charge in [-0.1, -0.05) is 175 Å². The van der Waals surface area contributed by atoms with E-state index in [4.69, 9.17) is 15.0 Å². The fourth-order valence-corrected chi connectivity index (χ4v) is 7.83. The van der Waals surface area contributed by atoms with Crippen LogP contribution in [0.1, 0.15) is 52.7 Å². The first-order valence-electron chi connectivity index (χ1n) is 19.8. The quantitative estimate of drug-likeness (QED) is 0.171. The van der Waals surface area contributed by atoms with Crippen LogP contribution in [0.4, 0.5) is 0 Å². The second kappa shape index (κ2) is 14.1. The molecule has 278 valence electrons. The molecule has 0 radical (unpaired) electrons. The van der Waals surface area contributed by atoms with Crippen LogP contribution in [-0.4, -0.2) is 19.5 Å². The number of hydrogen-bond donors (Lipinski definition) is 0. The summed E-state index contributed by atoms with van der Waals surface area (Å²) in [5.41, 5.74) is 13.3. The highest BCUT2D eigenvalue weighted by Gasteiger charge is 2.24. The first-order valence-corrected chi connectivity index (χ1v) is 19.8. The van der Waals surface area contributed by atoms with Crippen LogP contribution in [0, 0.1) is 0 Å². The third-order valence-corrected chi connectivity index (χ3v) is 11.0. The van der Waals surface area contributed by atoms with Crippen LogP contribution in [0.25, 0.3) is 83.9 Å². The summed E-state index contributed by atoms with van der Waals surface area (Å²) in [7, 11) is 0. The van der Waals surface area contributed by atoms with Gasteiger partial charge >= 0.3 is 0 Å². The van der Waals surface area contributed by atoms with Gasteiger partial charge in [0.2, 0.25) is 0 Å². The Morgan fingerprint density at radius 3 is 1.25 bits per heavy atom. The molecule has 2 heterocycles. The first-order chi connectivity index (χ1) is 27.5. The predicted octanol–water partition coefficient (Wildman–Crippen LogP) is 13.9. The lowest BCUT2D eigenvalue weighted by Gasteiger charge is -2.20. The molecule has 4 heteroatoms. The molecule has 0 saturated carbocycles. The van der Waals surface area contributed by atoms with Gasteiger partial charge in [0.25, 0.3) is 0 Å². The maximum Gasteiger partial charge on any atom is 0.166 e. The van der Waals surface area contributed by atoms with E-state index in [1.807, 2.05) is 36.4 Å². The lowest BCUT2D eigenvalue weighted by atomic mass is 9.85. The van der Waals surface area contributed by atoms with Gasteiger partial charge in [-0.15, -0.1) is 0 Å². The van der Waals surface area contributed by atoms with Crippen molar-refractivity contribution in [3.63, 3.8) is 0 Å². The summed E-state index contributed by atoms with van der Waals surface area (Å²) in [6.45, 7) is 13.7. The number of benzene rings is 7. The van der Waals surface area contributed by atoms with E-state index >= 15 is 0 Å². The summed E-state index contributed by atoms with van der Waals surface area (Å²) in [5, 5.41) is 2.47. The molecule has 0 atom stereocenters. The highest BCUT2D eigenvalue weighted by molar-refractivity contribution is 6.10. The average molecular weight is 739 g/mol. The monoisotopic (exact) mass is 738 g/mol.